The first-order chi connectivity index (χ1) is 8.81. The molecule has 1 aliphatic rings. The number of hydrogen-bond acceptors (Lipinski definition) is 4. The van der Waals surface area contributed by atoms with Crippen molar-refractivity contribution in [3.05, 3.63) is 34.9 Å². The molecule has 0 saturated carbocycles. The second-order valence-electron chi connectivity index (χ2n) is 4.13. The highest BCUT2D eigenvalue weighted by atomic mass is 35.5. The van der Waals surface area contributed by atoms with Crippen LogP contribution in [0.5, 0.6) is 0 Å². The van der Waals surface area contributed by atoms with Crippen LogP contribution in [0.1, 0.15) is 11.6 Å². The fourth-order valence-corrected chi connectivity index (χ4v) is 2.07. The number of halogens is 1. The summed E-state index contributed by atoms with van der Waals surface area (Å²) < 4.78 is 5.03. The van der Waals surface area contributed by atoms with Gasteiger partial charge < -0.3 is 15.4 Å². The van der Waals surface area contributed by atoms with E-state index in [1.165, 1.54) is 5.56 Å². The number of methoxy groups -OCH3 is 1. The first-order valence-corrected chi connectivity index (χ1v) is 6.45. The smallest absolute Gasteiger partial charge is 0.118 e. The maximum Gasteiger partial charge on any atom is 0.118 e. The molecule has 0 bridgehead atoms. The van der Waals surface area contributed by atoms with Crippen LogP contribution in [0.2, 0.25) is 5.02 Å². The van der Waals surface area contributed by atoms with Crippen molar-refractivity contribution in [2.45, 2.75) is 6.04 Å². The second-order valence-corrected chi connectivity index (χ2v) is 4.56. The maximum atomic E-state index is 5.91. The van der Waals surface area contributed by atoms with Crippen LogP contribution in [0.15, 0.2) is 29.3 Å². The molecule has 1 unspecified atom stereocenters. The lowest BCUT2D eigenvalue weighted by Gasteiger charge is -2.26. The zero-order valence-corrected chi connectivity index (χ0v) is 11.2. The molecule has 0 aliphatic carbocycles. The van der Waals surface area contributed by atoms with Crippen LogP contribution in [0.3, 0.4) is 0 Å². The second kappa shape index (κ2) is 6.73. The van der Waals surface area contributed by atoms with E-state index in [0.717, 1.165) is 30.5 Å². The largest absolute Gasteiger partial charge is 0.383 e. The van der Waals surface area contributed by atoms with Crippen LogP contribution >= 0.6 is 11.6 Å². The third-order valence-electron chi connectivity index (χ3n) is 2.83. The van der Waals surface area contributed by atoms with Gasteiger partial charge in [0.05, 0.1) is 19.2 Å². The number of hydrogen-bond donors (Lipinski definition) is 2. The summed E-state index contributed by atoms with van der Waals surface area (Å²) in [6.45, 7) is 3.13. The minimum atomic E-state index is 0.118. The van der Waals surface area contributed by atoms with Crippen molar-refractivity contribution in [1.82, 2.24) is 10.6 Å². The van der Waals surface area contributed by atoms with Gasteiger partial charge in [-0.3, -0.25) is 4.99 Å². The number of rotatable bonds is 4. The van der Waals surface area contributed by atoms with Crippen molar-refractivity contribution in [3.63, 3.8) is 0 Å². The molecule has 0 aromatic heterocycles. The lowest BCUT2D eigenvalue weighted by Crippen LogP contribution is -2.43. The van der Waals surface area contributed by atoms with Gasteiger partial charge in [0, 0.05) is 25.2 Å². The van der Waals surface area contributed by atoms with E-state index in [-0.39, 0.29) is 6.04 Å². The van der Waals surface area contributed by atoms with E-state index in [1.807, 2.05) is 24.3 Å². The molecule has 1 aliphatic heterocycles. The van der Waals surface area contributed by atoms with E-state index in [9.17, 15) is 0 Å². The number of ether oxygens (including phenoxy) is 1. The summed E-state index contributed by atoms with van der Waals surface area (Å²) in [5, 5.41) is 7.52. The van der Waals surface area contributed by atoms with E-state index in [1.54, 1.807) is 7.11 Å². The zero-order valence-electron chi connectivity index (χ0n) is 10.4. The molecule has 5 heteroatoms. The van der Waals surface area contributed by atoms with Gasteiger partial charge in [0.15, 0.2) is 0 Å². The average molecular weight is 268 g/mol. The zero-order chi connectivity index (χ0) is 12.8. The Morgan fingerprint density at radius 1 is 1.44 bits per heavy atom. The van der Waals surface area contributed by atoms with Crippen LogP contribution in [0.4, 0.5) is 0 Å². The molecule has 4 nitrogen and oxygen atoms in total. The Morgan fingerprint density at radius 2 is 2.22 bits per heavy atom. The van der Waals surface area contributed by atoms with E-state index in [0.29, 0.717) is 6.61 Å². The Bertz CT molecular complexity index is 405. The summed E-state index contributed by atoms with van der Waals surface area (Å²) in [6, 6.07) is 7.98. The first-order valence-electron chi connectivity index (χ1n) is 6.07. The molecule has 0 saturated heterocycles. The molecule has 2 rings (SSSR count). The molecule has 1 aromatic carbocycles. The highest BCUT2D eigenvalue weighted by Gasteiger charge is 2.20. The van der Waals surface area contributed by atoms with Gasteiger partial charge in [-0.25, -0.2) is 0 Å². The lowest BCUT2D eigenvalue weighted by atomic mass is 10.0. The number of benzene rings is 1. The normalized spacial score (nSPS) is 19.4. The number of aliphatic imine (C=N–C) groups is 1. The molecule has 2 N–H and O–H groups in total. The first kappa shape index (κ1) is 13.3. The Hall–Kier alpha value is -1.10. The van der Waals surface area contributed by atoms with Crippen LogP contribution in [-0.4, -0.2) is 39.2 Å². The Balaban J connectivity index is 2.07. The minimum absolute atomic E-state index is 0.118. The SMILES string of the molecule is COCCNC1=NCCNC1c1ccc(Cl)cc1. The highest BCUT2D eigenvalue weighted by Crippen LogP contribution is 2.18. The molecule has 1 aromatic rings. The quantitative estimate of drug-likeness (QED) is 0.815. The molecule has 0 fully saturated rings. The summed E-state index contributed by atoms with van der Waals surface area (Å²) >= 11 is 5.91. The summed E-state index contributed by atoms with van der Waals surface area (Å²) in [4.78, 5) is 4.54. The van der Waals surface area contributed by atoms with Gasteiger partial charge in [0.2, 0.25) is 0 Å². The van der Waals surface area contributed by atoms with E-state index < -0.39 is 0 Å². The highest BCUT2D eigenvalue weighted by molar-refractivity contribution is 6.30. The van der Waals surface area contributed by atoms with Crippen LogP contribution in [0.25, 0.3) is 0 Å². The van der Waals surface area contributed by atoms with E-state index in [4.69, 9.17) is 16.3 Å². The molecule has 0 amide bonds. The Kier molecular flexibility index (Phi) is 4.99. The molecular formula is C13H18ClN3O. The van der Waals surface area contributed by atoms with Gasteiger partial charge >= 0.3 is 0 Å². The number of nitrogens with one attached hydrogen (secondary N) is 2. The molecule has 0 radical (unpaired) electrons. The third kappa shape index (κ3) is 3.45. The summed E-state index contributed by atoms with van der Waals surface area (Å²) in [7, 11) is 1.69. The molecule has 1 atom stereocenters. The molecule has 0 spiro atoms. The van der Waals surface area contributed by atoms with Crippen molar-refractivity contribution in [2.75, 3.05) is 33.4 Å². The standard InChI is InChI=1S/C13H18ClN3O/c1-18-9-8-17-13-12(15-6-7-16-13)10-2-4-11(14)5-3-10/h2-5,12,15H,6-9H2,1H3,(H,16,17). The number of amidine groups is 1. The van der Waals surface area contributed by atoms with Crippen LogP contribution < -0.4 is 10.6 Å². The van der Waals surface area contributed by atoms with Gasteiger partial charge in [0.1, 0.15) is 5.84 Å². The summed E-state index contributed by atoms with van der Waals surface area (Å²) in [5.74, 6) is 0.973. The maximum absolute atomic E-state index is 5.91. The van der Waals surface area contributed by atoms with Crippen molar-refractivity contribution in [2.24, 2.45) is 4.99 Å². The average Bonchev–Trinajstić information content (AvgIpc) is 2.41. The van der Waals surface area contributed by atoms with Gasteiger partial charge in [-0.1, -0.05) is 23.7 Å². The van der Waals surface area contributed by atoms with Crippen molar-refractivity contribution in [1.29, 1.82) is 0 Å². The molecule has 98 valence electrons. The van der Waals surface area contributed by atoms with Crippen molar-refractivity contribution < 1.29 is 4.74 Å². The molecular weight excluding hydrogens is 250 g/mol. The van der Waals surface area contributed by atoms with Crippen molar-refractivity contribution in [3.8, 4) is 0 Å². The minimum Gasteiger partial charge on any atom is -0.383 e. The Morgan fingerprint density at radius 3 is 2.94 bits per heavy atom. The fraction of sp³-hybridized carbons (Fsp3) is 0.462. The van der Waals surface area contributed by atoms with E-state index >= 15 is 0 Å². The fourth-order valence-electron chi connectivity index (χ4n) is 1.94. The predicted molar refractivity (Wildman–Crippen MR) is 74.4 cm³/mol. The molecule has 18 heavy (non-hydrogen) atoms. The number of nitrogens with zero attached hydrogens (tertiary/aromatic N) is 1. The molecule has 1 heterocycles. The van der Waals surface area contributed by atoms with Crippen LogP contribution in [-0.2, 0) is 4.74 Å². The topological polar surface area (TPSA) is 45.6 Å². The van der Waals surface area contributed by atoms with E-state index in [2.05, 4.69) is 15.6 Å². The predicted octanol–water partition coefficient (Wildman–Crippen LogP) is 1.62. The van der Waals surface area contributed by atoms with Crippen molar-refractivity contribution >= 4 is 17.4 Å². The monoisotopic (exact) mass is 267 g/mol. The van der Waals surface area contributed by atoms with Gasteiger partial charge in [-0.2, -0.15) is 0 Å². The van der Waals surface area contributed by atoms with Gasteiger partial charge in [-0.05, 0) is 17.7 Å². The van der Waals surface area contributed by atoms with Crippen LogP contribution in [0, 0.1) is 0 Å². The third-order valence-corrected chi connectivity index (χ3v) is 3.08. The van der Waals surface area contributed by atoms with Gasteiger partial charge in [0.25, 0.3) is 0 Å². The Labute approximate surface area is 112 Å². The summed E-state index contributed by atoms with van der Waals surface area (Å²) in [5.41, 5.74) is 1.17. The summed E-state index contributed by atoms with van der Waals surface area (Å²) in [6.07, 6.45) is 0. The lowest BCUT2D eigenvalue weighted by molar-refractivity contribution is 0.203. The van der Waals surface area contributed by atoms with Gasteiger partial charge in [-0.15, -0.1) is 0 Å².